The summed E-state index contributed by atoms with van der Waals surface area (Å²) < 4.78 is 2.66. The third-order valence-electron chi connectivity index (χ3n) is 6.00. The van der Waals surface area contributed by atoms with Crippen molar-refractivity contribution in [1.82, 2.24) is 19.4 Å². The molecule has 0 unspecified atom stereocenters. The Kier molecular flexibility index (Phi) is 6.76. The van der Waals surface area contributed by atoms with Crippen molar-refractivity contribution in [2.45, 2.75) is 33.2 Å². The second kappa shape index (κ2) is 9.55. The van der Waals surface area contributed by atoms with Crippen LogP contribution in [0.3, 0.4) is 0 Å². The molecule has 1 saturated heterocycles. The summed E-state index contributed by atoms with van der Waals surface area (Å²) in [5.74, 6) is 1.31. The van der Waals surface area contributed by atoms with E-state index in [2.05, 4.69) is 62.8 Å². The van der Waals surface area contributed by atoms with Gasteiger partial charge in [-0.05, 0) is 59.1 Å². The summed E-state index contributed by atoms with van der Waals surface area (Å²) in [6.45, 7) is 10.9. The number of anilines is 1. The summed E-state index contributed by atoms with van der Waals surface area (Å²) in [5, 5.41) is 0. The van der Waals surface area contributed by atoms with Gasteiger partial charge in [0.25, 0.3) is 5.56 Å². The normalized spacial score (nSPS) is 14.9. The zero-order valence-corrected chi connectivity index (χ0v) is 20.8. The fourth-order valence-corrected chi connectivity index (χ4v) is 4.45. The van der Waals surface area contributed by atoms with E-state index in [4.69, 9.17) is 4.98 Å². The predicted molar refractivity (Wildman–Crippen MR) is 133 cm³/mol. The van der Waals surface area contributed by atoms with E-state index in [1.54, 1.807) is 11.6 Å². The molecule has 32 heavy (non-hydrogen) atoms. The highest BCUT2D eigenvalue weighted by Crippen LogP contribution is 2.30. The molecule has 0 bridgehead atoms. The van der Waals surface area contributed by atoms with Gasteiger partial charge in [0.2, 0.25) is 0 Å². The van der Waals surface area contributed by atoms with Crippen LogP contribution in [0.5, 0.6) is 0 Å². The van der Waals surface area contributed by atoms with Crippen LogP contribution in [0.2, 0.25) is 0 Å². The summed E-state index contributed by atoms with van der Waals surface area (Å²) in [7, 11) is 1.80. The van der Waals surface area contributed by atoms with Gasteiger partial charge in [-0.1, -0.05) is 13.8 Å². The van der Waals surface area contributed by atoms with Crippen LogP contribution in [-0.2, 0) is 13.6 Å². The fraction of sp³-hybridized carbons (Fsp3) is 0.400. The molecule has 1 aliphatic rings. The highest BCUT2D eigenvalue weighted by Gasteiger charge is 2.21. The number of rotatable bonds is 5. The Labute approximate surface area is 198 Å². The molecule has 3 aromatic rings. The fourth-order valence-electron chi connectivity index (χ4n) is 4.21. The molecule has 0 atom stereocenters. The molecule has 0 spiro atoms. The number of pyridine rings is 3. The van der Waals surface area contributed by atoms with Crippen molar-refractivity contribution >= 4 is 21.7 Å². The van der Waals surface area contributed by atoms with E-state index in [1.165, 1.54) is 0 Å². The molecule has 0 N–H and O–H groups in total. The van der Waals surface area contributed by atoms with Crippen LogP contribution in [0.4, 0.5) is 5.82 Å². The van der Waals surface area contributed by atoms with Gasteiger partial charge >= 0.3 is 0 Å². The third kappa shape index (κ3) is 4.94. The minimum atomic E-state index is 0.0423. The van der Waals surface area contributed by atoms with Crippen LogP contribution in [0, 0.1) is 6.92 Å². The van der Waals surface area contributed by atoms with Gasteiger partial charge in [0, 0.05) is 73.3 Å². The summed E-state index contributed by atoms with van der Waals surface area (Å²) in [6.07, 6.45) is 3.77. The average molecular weight is 496 g/mol. The second-order valence-electron chi connectivity index (χ2n) is 8.82. The van der Waals surface area contributed by atoms with Crippen LogP contribution in [0.15, 0.2) is 52.0 Å². The zero-order valence-electron chi connectivity index (χ0n) is 19.2. The quantitative estimate of drug-likeness (QED) is 0.526. The Bertz CT molecular complexity index is 1120. The van der Waals surface area contributed by atoms with Gasteiger partial charge in [-0.25, -0.2) is 4.98 Å². The van der Waals surface area contributed by atoms with Crippen LogP contribution < -0.4 is 10.5 Å². The molecule has 3 aromatic heterocycles. The lowest BCUT2D eigenvalue weighted by molar-refractivity contribution is 0.246. The minimum Gasteiger partial charge on any atom is -0.354 e. The Hall–Kier alpha value is -2.51. The van der Waals surface area contributed by atoms with Crippen molar-refractivity contribution in [3.05, 3.63) is 74.5 Å². The Balaban J connectivity index is 1.51. The topological polar surface area (TPSA) is 54.3 Å². The SMILES string of the molecule is Cc1cc(-c2ccc(N3CCN(Cc4ccc(Br)cn4)CC3)nc2C(C)C)cn(C)c1=O. The van der Waals surface area contributed by atoms with E-state index in [-0.39, 0.29) is 11.5 Å². The third-order valence-corrected chi connectivity index (χ3v) is 6.47. The average Bonchev–Trinajstić information content (AvgIpc) is 2.79. The van der Waals surface area contributed by atoms with Crippen molar-refractivity contribution < 1.29 is 0 Å². The smallest absolute Gasteiger partial charge is 0.253 e. The molecule has 0 amide bonds. The Morgan fingerprint density at radius 3 is 2.47 bits per heavy atom. The monoisotopic (exact) mass is 495 g/mol. The molecule has 168 valence electrons. The number of halogens is 1. The molecule has 4 rings (SSSR count). The molecule has 1 fully saturated rings. The number of aromatic nitrogens is 3. The summed E-state index contributed by atoms with van der Waals surface area (Å²) in [6, 6.07) is 10.4. The maximum atomic E-state index is 12.1. The number of hydrogen-bond acceptors (Lipinski definition) is 5. The Morgan fingerprint density at radius 2 is 1.84 bits per heavy atom. The van der Waals surface area contributed by atoms with Gasteiger partial charge in [0.05, 0.1) is 11.4 Å². The lowest BCUT2D eigenvalue weighted by Crippen LogP contribution is -2.46. The Morgan fingerprint density at radius 1 is 1.09 bits per heavy atom. The van der Waals surface area contributed by atoms with Gasteiger partial charge in [0.15, 0.2) is 0 Å². The van der Waals surface area contributed by atoms with Gasteiger partial charge < -0.3 is 9.47 Å². The molecule has 7 heteroatoms. The first-order valence-corrected chi connectivity index (χ1v) is 11.9. The first-order chi connectivity index (χ1) is 15.3. The van der Waals surface area contributed by atoms with E-state index in [0.29, 0.717) is 0 Å². The summed E-state index contributed by atoms with van der Waals surface area (Å²) >= 11 is 3.45. The maximum absolute atomic E-state index is 12.1. The summed E-state index contributed by atoms with van der Waals surface area (Å²) in [4.78, 5) is 26.5. The lowest BCUT2D eigenvalue weighted by atomic mass is 9.97. The van der Waals surface area contributed by atoms with Crippen molar-refractivity contribution in [3.63, 3.8) is 0 Å². The van der Waals surface area contributed by atoms with Gasteiger partial charge in [0.1, 0.15) is 5.82 Å². The molecule has 0 aromatic carbocycles. The number of aryl methyl sites for hydroxylation is 2. The van der Waals surface area contributed by atoms with Crippen LogP contribution in [0.25, 0.3) is 11.1 Å². The molecule has 0 saturated carbocycles. The van der Waals surface area contributed by atoms with E-state index in [0.717, 1.165) is 71.1 Å². The largest absolute Gasteiger partial charge is 0.354 e. The van der Waals surface area contributed by atoms with Crippen LogP contribution in [0.1, 0.15) is 36.7 Å². The molecule has 0 aliphatic carbocycles. The highest BCUT2D eigenvalue weighted by atomic mass is 79.9. The lowest BCUT2D eigenvalue weighted by Gasteiger charge is -2.35. The molecular weight excluding hydrogens is 466 g/mol. The second-order valence-corrected chi connectivity index (χ2v) is 9.73. The van der Waals surface area contributed by atoms with Crippen molar-refractivity contribution in [2.75, 3.05) is 31.1 Å². The number of nitrogens with zero attached hydrogens (tertiary/aromatic N) is 5. The van der Waals surface area contributed by atoms with E-state index < -0.39 is 0 Å². The number of piperazine rings is 1. The van der Waals surface area contributed by atoms with Crippen LogP contribution in [-0.4, -0.2) is 45.6 Å². The molecule has 1 aliphatic heterocycles. The first kappa shape index (κ1) is 22.7. The zero-order chi connectivity index (χ0) is 22.8. The standard InChI is InChI=1S/C25H30BrN5O/c1-17(2)24-22(19-13-18(3)25(32)29(4)15-19)7-8-23(28-24)31-11-9-30(10-12-31)16-21-6-5-20(26)14-27-21/h5-8,13-15,17H,9-12,16H2,1-4H3. The summed E-state index contributed by atoms with van der Waals surface area (Å²) in [5.41, 5.74) is 5.10. The highest BCUT2D eigenvalue weighted by molar-refractivity contribution is 9.10. The molecule has 0 radical (unpaired) electrons. The van der Waals surface area contributed by atoms with Crippen molar-refractivity contribution in [2.24, 2.45) is 7.05 Å². The number of hydrogen-bond donors (Lipinski definition) is 0. The molecule has 6 nitrogen and oxygen atoms in total. The van der Waals surface area contributed by atoms with Crippen molar-refractivity contribution in [1.29, 1.82) is 0 Å². The molecular formula is C25H30BrN5O. The van der Waals surface area contributed by atoms with Crippen LogP contribution >= 0.6 is 15.9 Å². The first-order valence-electron chi connectivity index (χ1n) is 11.1. The van der Waals surface area contributed by atoms with Gasteiger partial charge in [-0.3, -0.25) is 14.7 Å². The van der Waals surface area contributed by atoms with E-state index in [1.807, 2.05) is 31.5 Å². The van der Waals surface area contributed by atoms with Gasteiger partial charge in [-0.15, -0.1) is 0 Å². The van der Waals surface area contributed by atoms with Gasteiger partial charge in [-0.2, -0.15) is 0 Å². The molecule has 4 heterocycles. The van der Waals surface area contributed by atoms with E-state index >= 15 is 0 Å². The predicted octanol–water partition coefficient (Wildman–Crippen LogP) is 4.36. The van der Waals surface area contributed by atoms with Crippen molar-refractivity contribution in [3.8, 4) is 11.1 Å². The minimum absolute atomic E-state index is 0.0423. The van der Waals surface area contributed by atoms with E-state index in [9.17, 15) is 4.79 Å². The maximum Gasteiger partial charge on any atom is 0.253 e.